The molecule has 122 valence electrons. The molecule has 1 N–H and O–H groups in total. The first kappa shape index (κ1) is 16.9. The Balaban J connectivity index is 1.68. The Morgan fingerprint density at radius 1 is 1.13 bits per heavy atom. The van der Waals surface area contributed by atoms with Gasteiger partial charge in [0.05, 0.1) is 6.42 Å². The number of halogens is 1. The van der Waals surface area contributed by atoms with E-state index in [-0.39, 0.29) is 23.7 Å². The molecule has 0 atom stereocenters. The van der Waals surface area contributed by atoms with Crippen molar-refractivity contribution in [1.29, 1.82) is 0 Å². The molecular weight excluding hydrogens is 295 g/mol. The number of hydrogen-bond donors (Lipinski definition) is 1. The van der Waals surface area contributed by atoms with Gasteiger partial charge in [0.15, 0.2) is 0 Å². The van der Waals surface area contributed by atoms with E-state index >= 15 is 0 Å². The average molecular weight is 316 g/mol. The van der Waals surface area contributed by atoms with Gasteiger partial charge in [-0.05, 0) is 43.5 Å². The van der Waals surface area contributed by atoms with Crippen molar-refractivity contribution in [3.63, 3.8) is 0 Å². The van der Waals surface area contributed by atoms with Crippen molar-refractivity contribution < 1.29 is 9.18 Å². The van der Waals surface area contributed by atoms with Gasteiger partial charge in [-0.25, -0.2) is 4.39 Å². The number of unbranched alkanes of at least 4 members (excludes halogenated alkanes) is 1. The van der Waals surface area contributed by atoms with E-state index in [1.165, 1.54) is 12.1 Å². The third-order valence-corrected chi connectivity index (χ3v) is 3.68. The Labute approximate surface area is 135 Å². The molecule has 0 unspecified atom stereocenters. The number of aryl methyl sites for hydroxylation is 1. The second kappa shape index (κ2) is 8.27. The summed E-state index contributed by atoms with van der Waals surface area (Å²) in [7, 11) is 0. The molecule has 4 nitrogen and oxygen atoms in total. The fourth-order valence-corrected chi connectivity index (χ4v) is 2.38. The van der Waals surface area contributed by atoms with E-state index in [9.17, 15) is 14.0 Å². The first-order valence-corrected chi connectivity index (χ1v) is 7.74. The molecule has 23 heavy (non-hydrogen) atoms. The number of nitrogens with one attached hydrogen (secondary N) is 1. The molecule has 0 aliphatic heterocycles. The van der Waals surface area contributed by atoms with Gasteiger partial charge in [-0.15, -0.1) is 0 Å². The molecule has 2 aromatic rings. The third-order valence-electron chi connectivity index (χ3n) is 3.68. The molecule has 2 rings (SSSR count). The zero-order valence-corrected chi connectivity index (χ0v) is 13.2. The number of rotatable bonds is 7. The van der Waals surface area contributed by atoms with Crippen molar-refractivity contribution in [2.75, 3.05) is 6.54 Å². The third kappa shape index (κ3) is 5.36. The molecule has 0 fully saturated rings. The Bertz CT molecular complexity index is 708. The lowest BCUT2D eigenvalue weighted by Crippen LogP contribution is -2.27. The molecular formula is C18H21FN2O2. The summed E-state index contributed by atoms with van der Waals surface area (Å²) in [5, 5.41) is 2.84. The highest BCUT2D eigenvalue weighted by Crippen LogP contribution is 2.03. The van der Waals surface area contributed by atoms with Crippen LogP contribution < -0.4 is 10.9 Å². The molecule has 0 bridgehead atoms. The molecule has 0 spiro atoms. The highest BCUT2D eigenvalue weighted by molar-refractivity contribution is 5.78. The van der Waals surface area contributed by atoms with Crippen LogP contribution in [0.5, 0.6) is 0 Å². The normalized spacial score (nSPS) is 10.5. The fourth-order valence-electron chi connectivity index (χ4n) is 2.38. The van der Waals surface area contributed by atoms with Crippen LogP contribution in [0.4, 0.5) is 4.39 Å². The van der Waals surface area contributed by atoms with Gasteiger partial charge in [-0.2, -0.15) is 0 Å². The first-order chi connectivity index (χ1) is 11.1. The Hall–Kier alpha value is -2.43. The van der Waals surface area contributed by atoms with Crippen LogP contribution in [0.25, 0.3) is 0 Å². The monoisotopic (exact) mass is 316 g/mol. The van der Waals surface area contributed by atoms with Gasteiger partial charge >= 0.3 is 0 Å². The Morgan fingerprint density at radius 2 is 1.87 bits per heavy atom. The van der Waals surface area contributed by atoms with Crippen molar-refractivity contribution in [2.45, 2.75) is 32.7 Å². The summed E-state index contributed by atoms with van der Waals surface area (Å²) in [5.74, 6) is -0.384. The number of aromatic nitrogens is 1. The van der Waals surface area contributed by atoms with E-state index in [1.54, 1.807) is 28.8 Å². The van der Waals surface area contributed by atoms with Crippen LogP contribution in [0.15, 0.2) is 47.3 Å². The molecule has 1 aromatic carbocycles. The molecule has 0 aliphatic carbocycles. The number of amides is 1. The smallest absolute Gasteiger partial charge is 0.250 e. The summed E-state index contributed by atoms with van der Waals surface area (Å²) in [6.07, 6.45) is 1.87. The van der Waals surface area contributed by atoms with Crippen molar-refractivity contribution in [3.05, 3.63) is 69.9 Å². The minimum Gasteiger partial charge on any atom is -0.356 e. The Kier molecular flexibility index (Phi) is 6.09. The van der Waals surface area contributed by atoms with Crippen LogP contribution in [0.3, 0.4) is 0 Å². The maximum atomic E-state index is 12.8. The quantitative estimate of drug-likeness (QED) is 0.798. The zero-order valence-electron chi connectivity index (χ0n) is 13.2. The predicted molar refractivity (Wildman–Crippen MR) is 87.8 cm³/mol. The second-order valence-electron chi connectivity index (χ2n) is 5.52. The molecule has 0 saturated heterocycles. The van der Waals surface area contributed by atoms with E-state index in [0.717, 1.165) is 24.1 Å². The second-order valence-corrected chi connectivity index (χ2v) is 5.52. The average Bonchev–Trinajstić information content (AvgIpc) is 2.52. The van der Waals surface area contributed by atoms with Gasteiger partial charge in [-0.1, -0.05) is 18.2 Å². The van der Waals surface area contributed by atoms with Crippen LogP contribution in [-0.2, 0) is 17.8 Å². The van der Waals surface area contributed by atoms with E-state index in [0.29, 0.717) is 13.1 Å². The number of carbonyl (C=O) groups is 1. The van der Waals surface area contributed by atoms with Gasteiger partial charge in [0.1, 0.15) is 5.82 Å². The van der Waals surface area contributed by atoms with Gasteiger partial charge < -0.3 is 9.88 Å². The first-order valence-electron chi connectivity index (χ1n) is 7.74. The molecule has 0 radical (unpaired) electrons. The highest BCUT2D eigenvalue weighted by Gasteiger charge is 2.03. The molecule has 1 amide bonds. The van der Waals surface area contributed by atoms with Gasteiger partial charge in [0.25, 0.3) is 5.56 Å². The molecule has 1 aromatic heterocycles. The summed E-state index contributed by atoms with van der Waals surface area (Å²) in [6.45, 7) is 3.13. The lowest BCUT2D eigenvalue weighted by molar-refractivity contribution is -0.120. The van der Waals surface area contributed by atoms with Gasteiger partial charge in [0.2, 0.25) is 5.91 Å². The van der Waals surface area contributed by atoms with E-state index in [2.05, 4.69) is 5.32 Å². The van der Waals surface area contributed by atoms with Crippen molar-refractivity contribution in [1.82, 2.24) is 9.88 Å². The summed E-state index contributed by atoms with van der Waals surface area (Å²) < 4.78 is 14.5. The SMILES string of the molecule is Cc1cccc(=O)n1CCCCNC(=O)Cc1ccc(F)cc1. The minimum atomic E-state index is -0.305. The van der Waals surface area contributed by atoms with Gasteiger partial charge in [-0.3, -0.25) is 9.59 Å². The maximum absolute atomic E-state index is 12.8. The van der Waals surface area contributed by atoms with Crippen LogP contribution in [0, 0.1) is 12.7 Å². The zero-order chi connectivity index (χ0) is 16.7. The van der Waals surface area contributed by atoms with Crippen LogP contribution in [0.1, 0.15) is 24.1 Å². The fraction of sp³-hybridized carbons (Fsp3) is 0.333. The van der Waals surface area contributed by atoms with E-state index in [1.807, 2.05) is 13.0 Å². The summed E-state index contributed by atoms with van der Waals surface area (Å²) in [4.78, 5) is 23.5. The molecule has 0 saturated carbocycles. The van der Waals surface area contributed by atoms with Gasteiger partial charge in [0, 0.05) is 24.8 Å². The summed E-state index contributed by atoms with van der Waals surface area (Å²) in [5.41, 5.74) is 1.73. The number of benzene rings is 1. The molecule has 1 heterocycles. The standard InChI is InChI=1S/C18H21FN2O2/c1-14-5-4-6-18(23)21(14)12-3-2-11-20-17(22)13-15-7-9-16(19)10-8-15/h4-10H,2-3,11-13H2,1H3,(H,20,22). The largest absolute Gasteiger partial charge is 0.356 e. The van der Waals surface area contributed by atoms with Crippen molar-refractivity contribution in [2.24, 2.45) is 0 Å². The van der Waals surface area contributed by atoms with Crippen LogP contribution >= 0.6 is 0 Å². The van der Waals surface area contributed by atoms with Crippen molar-refractivity contribution in [3.8, 4) is 0 Å². The predicted octanol–water partition coefficient (Wildman–Crippen LogP) is 2.43. The summed E-state index contributed by atoms with van der Waals surface area (Å²) in [6, 6.07) is 11.1. The number of nitrogens with zero attached hydrogens (tertiary/aromatic N) is 1. The highest BCUT2D eigenvalue weighted by atomic mass is 19.1. The van der Waals surface area contributed by atoms with E-state index in [4.69, 9.17) is 0 Å². The van der Waals surface area contributed by atoms with Crippen LogP contribution in [0.2, 0.25) is 0 Å². The lowest BCUT2D eigenvalue weighted by atomic mass is 10.1. The minimum absolute atomic E-state index is 0.00495. The number of pyridine rings is 1. The van der Waals surface area contributed by atoms with Crippen LogP contribution in [-0.4, -0.2) is 17.0 Å². The van der Waals surface area contributed by atoms with Crippen molar-refractivity contribution >= 4 is 5.91 Å². The number of carbonyl (C=O) groups excluding carboxylic acids is 1. The molecule has 0 aliphatic rings. The number of hydrogen-bond acceptors (Lipinski definition) is 2. The lowest BCUT2D eigenvalue weighted by Gasteiger charge is -2.09. The summed E-state index contributed by atoms with van der Waals surface area (Å²) >= 11 is 0. The molecule has 5 heteroatoms. The Morgan fingerprint density at radius 3 is 2.57 bits per heavy atom. The maximum Gasteiger partial charge on any atom is 0.250 e. The van der Waals surface area contributed by atoms with E-state index < -0.39 is 0 Å². The topological polar surface area (TPSA) is 51.1 Å².